The molecular formula is C12H18Cl2N4O. The molecular weight excluding hydrogens is 287 g/mol. The Morgan fingerprint density at radius 3 is 2.89 bits per heavy atom. The van der Waals surface area contributed by atoms with Crippen molar-refractivity contribution < 1.29 is 4.74 Å². The Bertz CT molecular complexity index is 458. The number of hydrazine groups is 1. The average molecular weight is 305 g/mol. The number of morpholine rings is 1. The van der Waals surface area contributed by atoms with Crippen LogP contribution in [0, 0.1) is 0 Å². The predicted octanol–water partition coefficient (Wildman–Crippen LogP) is 2.68. The number of nitrogens with one attached hydrogen (secondary N) is 1. The molecule has 1 aliphatic rings. The van der Waals surface area contributed by atoms with E-state index < -0.39 is 0 Å². The Hall–Kier alpha value is -0.750. The third kappa shape index (κ3) is 3.05. The normalized spacial score (nSPS) is 23.5. The zero-order valence-electron chi connectivity index (χ0n) is 11.0. The molecule has 5 nitrogen and oxygen atoms in total. The molecule has 1 fully saturated rings. The topological polar surface area (TPSA) is 63.4 Å². The van der Waals surface area contributed by atoms with Gasteiger partial charge < -0.3 is 15.1 Å². The van der Waals surface area contributed by atoms with Gasteiger partial charge in [-0.2, -0.15) is 0 Å². The summed E-state index contributed by atoms with van der Waals surface area (Å²) in [6, 6.07) is 1.92. The molecule has 0 amide bonds. The first-order valence-electron chi connectivity index (χ1n) is 6.27. The van der Waals surface area contributed by atoms with Gasteiger partial charge in [-0.25, -0.2) is 10.8 Å². The Morgan fingerprint density at radius 1 is 1.53 bits per heavy atom. The maximum atomic E-state index is 6.26. The molecule has 2 unspecified atom stereocenters. The smallest absolute Gasteiger partial charge is 0.161 e. The van der Waals surface area contributed by atoms with E-state index in [0.29, 0.717) is 28.3 Å². The van der Waals surface area contributed by atoms with Gasteiger partial charge in [-0.05, 0) is 19.4 Å². The molecule has 3 N–H and O–H groups in total. The van der Waals surface area contributed by atoms with E-state index in [0.717, 1.165) is 13.0 Å². The van der Waals surface area contributed by atoms with E-state index in [-0.39, 0.29) is 12.1 Å². The van der Waals surface area contributed by atoms with E-state index in [1.807, 2.05) is 6.92 Å². The minimum absolute atomic E-state index is 0.144. The van der Waals surface area contributed by atoms with Gasteiger partial charge in [-0.1, -0.05) is 30.1 Å². The second-order valence-corrected chi connectivity index (χ2v) is 5.44. The van der Waals surface area contributed by atoms with Crippen LogP contribution >= 0.6 is 23.2 Å². The van der Waals surface area contributed by atoms with E-state index in [1.165, 1.54) is 0 Å². The molecule has 0 bridgehead atoms. The summed E-state index contributed by atoms with van der Waals surface area (Å²) in [5.41, 5.74) is 2.49. The molecule has 0 spiro atoms. The molecule has 1 aliphatic heterocycles. The average Bonchev–Trinajstić information content (AvgIpc) is 2.39. The van der Waals surface area contributed by atoms with Crippen LogP contribution in [0.25, 0.3) is 0 Å². The molecule has 7 heteroatoms. The van der Waals surface area contributed by atoms with Gasteiger partial charge in [-0.3, -0.25) is 0 Å². The summed E-state index contributed by atoms with van der Waals surface area (Å²) in [5, 5.41) is 0.933. The first-order chi connectivity index (χ1) is 9.06. The minimum atomic E-state index is 0.144. The van der Waals surface area contributed by atoms with Crippen molar-refractivity contribution in [2.45, 2.75) is 32.4 Å². The van der Waals surface area contributed by atoms with Crippen LogP contribution < -0.4 is 16.2 Å². The highest BCUT2D eigenvalue weighted by Gasteiger charge is 2.28. The van der Waals surface area contributed by atoms with Gasteiger partial charge in [-0.15, -0.1) is 0 Å². The number of nitrogen functional groups attached to an aromatic ring is 1. The molecule has 106 valence electrons. The van der Waals surface area contributed by atoms with E-state index >= 15 is 0 Å². The van der Waals surface area contributed by atoms with Gasteiger partial charge >= 0.3 is 0 Å². The number of pyridine rings is 1. The number of nitrogens with zero attached hydrogens (tertiary/aromatic N) is 2. The van der Waals surface area contributed by atoms with Gasteiger partial charge in [0.1, 0.15) is 5.82 Å². The fourth-order valence-corrected chi connectivity index (χ4v) is 2.72. The zero-order valence-corrected chi connectivity index (χ0v) is 12.5. The molecule has 0 saturated carbocycles. The second kappa shape index (κ2) is 6.13. The van der Waals surface area contributed by atoms with E-state index in [1.54, 1.807) is 6.07 Å². The molecule has 1 saturated heterocycles. The molecule has 19 heavy (non-hydrogen) atoms. The lowest BCUT2D eigenvalue weighted by atomic mass is 10.1. The molecule has 0 radical (unpaired) electrons. The van der Waals surface area contributed by atoms with Gasteiger partial charge in [0, 0.05) is 6.54 Å². The molecule has 2 atom stereocenters. The second-order valence-electron chi connectivity index (χ2n) is 4.63. The SMILES string of the molecule is CCC1COC(C)CN1c1nc(NN)c(Cl)cc1Cl. The van der Waals surface area contributed by atoms with Crippen molar-refractivity contribution in [3.63, 3.8) is 0 Å². The largest absolute Gasteiger partial charge is 0.375 e. The van der Waals surface area contributed by atoms with Crippen LogP contribution in [0.5, 0.6) is 0 Å². The Morgan fingerprint density at radius 2 is 2.26 bits per heavy atom. The summed E-state index contributed by atoms with van der Waals surface area (Å²) in [5.74, 6) is 6.53. The van der Waals surface area contributed by atoms with Crippen molar-refractivity contribution in [2.75, 3.05) is 23.5 Å². The highest BCUT2D eigenvalue weighted by atomic mass is 35.5. The Kier molecular flexibility index (Phi) is 4.73. The lowest BCUT2D eigenvalue weighted by Crippen LogP contribution is -2.49. The molecule has 0 aromatic carbocycles. The van der Waals surface area contributed by atoms with Gasteiger partial charge in [0.2, 0.25) is 0 Å². The number of hydrogen-bond donors (Lipinski definition) is 2. The van der Waals surface area contributed by atoms with Crippen LogP contribution in [-0.2, 0) is 4.74 Å². The van der Waals surface area contributed by atoms with Gasteiger partial charge in [0.05, 0.1) is 28.8 Å². The summed E-state index contributed by atoms with van der Waals surface area (Å²) in [6.07, 6.45) is 1.10. The number of hydrogen-bond acceptors (Lipinski definition) is 5. The predicted molar refractivity (Wildman–Crippen MR) is 78.9 cm³/mol. The van der Waals surface area contributed by atoms with E-state index in [9.17, 15) is 0 Å². The maximum absolute atomic E-state index is 6.26. The number of rotatable bonds is 3. The first kappa shape index (κ1) is 14.7. The summed E-state index contributed by atoms with van der Waals surface area (Å²) in [7, 11) is 0. The molecule has 1 aromatic heterocycles. The minimum Gasteiger partial charge on any atom is -0.375 e. The highest BCUT2D eigenvalue weighted by molar-refractivity contribution is 6.37. The van der Waals surface area contributed by atoms with E-state index in [4.69, 9.17) is 33.8 Å². The van der Waals surface area contributed by atoms with Crippen LogP contribution in [0.15, 0.2) is 6.07 Å². The number of nitrogens with two attached hydrogens (primary N) is 1. The van der Waals surface area contributed by atoms with E-state index in [2.05, 4.69) is 22.2 Å². The third-order valence-corrected chi connectivity index (χ3v) is 3.82. The zero-order chi connectivity index (χ0) is 14.0. The first-order valence-corrected chi connectivity index (χ1v) is 7.03. The van der Waals surface area contributed by atoms with Crippen molar-refractivity contribution in [1.82, 2.24) is 4.98 Å². The van der Waals surface area contributed by atoms with Gasteiger partial charge in [0.15, 0.2) is 5.82 Å². The lowest BCUT2D eigenvalue weighted by molar-refractivity contribution is 0.0296. The van der Waals surface area contributed by atoms with Crippen LogP contribution in [0.2, 0.25) is 10.0 Å². The number of ether oxygens (including phenoxy) is 1. The third-order valence-electron chi connectivity index (χ3n) is 3.26. The standard InChI is InChI=1S/C12H18Cl2N4O/c1-3-8-6-19-7(2)5-18(8)12-10(14)4-9(13)11(16-12)17-15/h4,7-8H,3,5-6,15H2,1-2H3,(H,16,17). The molecule has 2 rings (SSSR count). The lowest BCUT2D eigenvalue weighted by Gasteiger charge is -2.39. The fourth-order valence-electron chi connectivity index (χ4n) is 2.20. The number of aromatic nitrogens is 1. The van der Waals surface area contributed by atoms with Crippen LogP contribution in [0.4, 0.5) is 11.6 Å². The summed E-state index contributed by atoms with van der Waals surface area (Å²) in [6.45, 7) is 5.56. The highest BCUT2D eigenvalue weighted by Crippen LogP contribution is 2.33. The quantitative estimate of drug-likeness (QED) is 0.664. The maximum Gasteiger partial charge on any atom is 0.161 e. The van der Waals surface area contributed by atoms with Crippen LogP contribution in [0.3, 0.4) is 0 Å². The van der Waals surface area contributed by atoms with Crippen molar-refractivity contribution in [3.05, 3.63) is 16.1 Å². The van der Waals surface area contributed by atoms with Crippen molar-refractivity contribution in [1.29, 1.82) is 0 Å². The summed E-state index contributed by atoms with van der Waals surface area (Å²) >= 11 is 12.3. The van der Waals surface area contributed by atoms with Crippen molar-refractivity contribution in [2.24, 2.45) is 5.84 Å². The van der Waals surface area contributed by atoms with Crippen LogP contribution in [0.1, 0.15) is 20.3 Å². The van der Waals surface area contributed by atoms with Crippen molar-refractivity contribution in [3.8, 4) is 0 Å². The Balaban J connectivity index is 2.37. The fraction of sp³-hybridized carbons (Fsp3) is 0.583. The number of halogens is 2. The number of anilines is 2. The molecule has 1 aromatic rings. The van der Waals surface area contributed by atoms with Crippen molar-refractivity contribution >= 4 is 34.8 Å². The molecule has 2 heterocycles. The van der Waals surface area contributed by atoms with Crippen LogP contribution in [-0.4, -0.2) is 30.3 Å². The monoisotopic (exact) mass is 304 g/mol. The Labute approximate surface area is 123 Å². The summed E-state index contributed by atoms with van der Waals surface area (Å²) < 4.78 is 5.67. The van der Waals surface area contributed by atoms with Gasteiger partial charge in [0.25, 0.3) is 0 Å². The molecule has 0 aliphatic carbocycles. The summed E-state index contributed by atoms with van der Waals surface area (Å²) in [4.78, 5) is 6.58.